The van der Waals surface area contributed by atoms with Crippen molar-refractivity contribution >= 4 is 0 Å². The summed E-state index contributed by atoms with van der Waals surface area (Å²) < 4.78 is 0. The molecule has 26 heavy (non-hydrogen) atoms. The highest BCUT2D eigenvalue weighted by molar-refractivity contribution is 5.32. The van der Waals surface area contributed by atoms with Gasteiger partial charge in [0.1, 0.15) is 0 Å². The van der Waals surface area contributed by atoms with Gasteiger partial charge in [-0.05, 0) is 50.7 Å². The molecule has 1 fully saturated rings. The summed E-state index contributed by atoms with van der Waals surface area (Å²) in [5, 5.41) is 3.67. The Morgan fingerprint density at radius 2 is 1.38 bits per heavy atom. The van der Waals surface area contributed by atoms with Gasteiger partial charge in [-0.15, -0.1) is 0 Å². The van der Waals surface area contributed by atoms with Gasteiger partial charge in [0.05, 0.1) is 0 Å². The van der Waals surface area contributed by atoms with Crippen molar-refractivity contribution in [3.63, 3.8) is 0 Å². The molecule has 0 atom stereocenters. The van der Waals surface area contributed by atoms with E-state index in [2.05, 4.69) is 82.8 Å². The van der Waals surface area contributed by atoms with Crippen molar-refractivity contribution in [3.05, 3.63) is 71.8 Å². The van der Waals surface area contributed by atoms with E-state index in [1.54, 1.807) is 0 Å². The molecule has 1 heterocycles. The van der Waals surface area contributed by atoms with Gasteiger partial charge >= 0.3 is 0 Å². The van der Waals surface area contributed by atoms with Gasteiger partial charge in [0, 0.05) is 32.1 Å². The van der Waals surface area contributed by atoms with E-state index in [-0.39, 0.29) is 0 Å². The first kappa shape index (κ1) is 19.1. The third kappa shape index (κ3) is 5.94. The summed E-state index contributed by atoms with van der Waals surface area (Å²) in [6.07, 6.45) is 2.38. The van der Waals surface area contributed by atoms with Crippen LogP contribution >= 0.6 is 0 Å². The Bertz CT molecular complexity index is 566. The van der Waals surface area contributed by atoms with Crippen LogP contribution in [0.3, 0.4) is 0 Å². The quantitative estimate of drug-likeness (QED) is 0.698. The Balaban J connectivity index is 1.41. The second-order valence-electron chi connectivity index (χ2n) is 7.41. The summed E-state index contributed by atoms with van der Waals surface area (Å²) >= 11 is 0. The highest BCUT2D eigenvalue weighted by atomic mass is 15.2. The molecular formula is C23H33N3. The fraction of sp³-hybridized carbons (Fsp3) is 0.478. The number of likely N-dealkylation sites (N-methyl/N-ethyl adjacent to an activating group) is 1. The summed E-state index contributed by atoms with van der Waals surface area (Å²) in [5.74, 6) is 0.475. The number of nitrogens with zero attached hydrogens (tertiary/aromatic N) is 2. The van der Waals surface area contributed by atoms with Crippen LogP contribution < -0.4 is 5.32 Å². The number of rotatable bonds is 9. The maximum atomic E-state index is 3.67. The summed E-state index contributed by atoms with van der Waals surface area (Å²) in [4.78, 5) is 5.01. The van der Waals surface area contributed by atoms with Crippen molar-refractivity contribution in [1.29, 1.82) is 0 Å². The van der Waals surface area contributed by atoms with Crippen molar-refractivity contribution in [2.75, 3.05) is 52.9 Å². The van der Waals surface area contributed by atoms with Crippen molar-refractivity contribution in [1.82, 2.24) is 15.1 Å². The maximum Gasteiger partial charge on any atom is 0.0110 e. The first-order valence-electron chi connectivity index (χ1n) is 10.0. The third-order valence-electron chi connectivity index (χ3n) is 5.44. The van der Waals surface area contributed by atoms with E-state index in [4.69, 9.17) is 0 Å². The molecule has 140 valence electrons. The number of hydrogen-bond acceptors (Lipinski definition) is 3. The summed E-state index contributed by atoms with van der Waals surface area (Å²) in [5.41, 5.74) is 2.83. The summed E-state index contributed by atoms with van der Waals surface area (Å²) in [7, 11) is 2.22. The molecule has 1 saturated heterocycles. The zero-order valence-corrected chi connectivity index (χ0v) is 16.1. The Kier molecular flexibility index (Phi) is 7.68. The second kappa shape index (κ2) is 10.5. The zero-order valence-electron chi connectivity index (χ0n) is 16.1. The number of hydrogen-bond donors (Lipinski definition) is 1. The molecule has 0 saturated carbocycles. The lowest BCUT2D eigenvalue weighted by Crippen LogP contribution is -2.45. The number of nitrogens with one attached hydrogen (secondary N) is 1. The topological polar surface area (TPSA) is 18.5 Å². The highest BCUT2D eigenvalue weighted by Crippen LogP contribution is 2.27. The average molecular weight is 352 g/mol. The van der Waals surface area contributed by atoms with E-state index in [0.717, 1.165) is 19.5 Å². The second-order valence-corrected chi connectivity index (χ2v) is 7.41. The van der Waals surface area contributed by atoms with E-state index in [1.807, 2.05) is 0 Å². The Morgan fingerprint density at radius 1 is 0.808 bits per heavy atom. The minimum atomic E-state index is 0.475. The number of piperazine rings is 1. The fourth-order valence-electron chi connectivity index (χ4n) is 3.77. The highest BCUT2D eigenvalue weighted by Gasteiger charge is 2.14. The molecule has 3 nitrogen and oxygen atoms in total. The SMILES string of the molecule is CN1CCN(CCCNCCC(c2ccccc2)c2ccccc2)CC1. The lowest BCUT2D eigenvalue weighted by molar-refractivity contribution is 0.153. The molecule has 2 aromatic carbocycles. The third-order valence-corrected chi connectivity index (χ3v) is 5.44. The van der Waals surface area contributed by atoms with Crippen LogP contribution in [0.5, 0.6) is 0 Å². The van der Waals surface area contributed by atoms with Gasteiger partial charge < -0.3 is 15.1 Å². The maximum absolute atomic E-state index is 3.67. The molecule has 1 aliphatic heterocycles. The minimum absolute atomic E-state index is 0.475. The fourth-order valence-corrected chi connectivity index (χ4v) is 3.77. The minimum Gasteiger partial charge on any atom is -0.317 e. The molecule has 1 N–H and O–H groups in total. The van der Waals surface area contributed by atoms with Crippen molar-refractivity contribution in [2.45, 2.75) is 18.8 Å². The Hall–Kier alpha value is -1.68. The number of benzene rings is 2. The lowest BCUT2D eigenvalue weighted by Gasteiger charge is -2.32. The molecule has 0 aliphatic carbocycles. The molecule has 0 amide bonds. The molecule has 0 spiro atoms. The van der Waals surface area contributed by atoms with Gasteiger partial charge in [-0.25, -0.2) is 0 Å². The van der Waals surface area contributed by atoms with E-state index >= 15 is 0 Å². The van der Waals surface area contributed by atoms with Gasteiger partial charge in [-0.2, -0.15) is 0 Å². The molecule has 3 heteroatoms. The monoisotopic (exact) mass is 351 g/mol. The predicted octanol–water partition coefficient (Wildman–Crippen LogP) is 3.44. The first-order chi connectivity index (χ1) is 12.8. The van der Waals surface area contributed by atoms with E-state index < -0.39 is 0 Å². The van der Waals surface area contributed by atoms with Gasteiger partial charge in [0.25, 0.3) is 0 Å². The van der Waals surface area contributed by atoms with Crippen LogP contribution in [0, 0.1) is 0 Å². The standard InChI is InChI=1S/C23H33N3/c1-25-17-19-26(20-18-25)16-8-14-24-15-13-23(21-9-4-2-5-10-21)22-11-6-3-7-12-22/h2-7,9-12,23-24H,8,13-20H2,1H3. The van der Waals surface area contributed by atoms with E-state index in [0.29, 0.717) is 5.92 Å². The van der Waals surface area contributed by atoms with Crippen LogP contribution in [0.15, 0.2) is 60.7 Å². The largest absolute Gasteiger partial charge is 0.317 e. The molecule has 0 unspecified atom stereocenters. The Morgan fingerprint density at radius 3 is 1.96 bits per heavy atom. The molecule has 0 aromatic heterocycles. The molecule has 2 aromatic rings. The van der Waals surface area contributed by atoms with Crippen LogP contribution in [0.1, 0.15) is 29.9 Å². The lowest BCUT2D eigenvalue weighted by atomic mass is 9.88. The van der Waals surface area contributed by atoms with Crippen LogP contribution in [-0.2, 0) is 0 Å². The van der Waals surface area contributed by atoms with Crippen molar-refractivity contribution < 1.29 is 0 Å². The Labute approximate surface area is 159 Å². The van der Waals surface area contributed by atoms with Gasteiger partial charge in [-0.3, -0.25) is 0 Å². The van der Waals surface area contributed by atoms with Gasteiger partial charge in [0.15, 0.2) is 0 Å². The van der Waals surface area contributed by atoms with Crippen LogP contribution in [0.25, 0.3) is 0 Å². The normalized spacial score (nSPS) is 16.2. The predicted molar refractivity (Wildman–Crippen MR) is 111 cm³/mol. The zero-order chi connectivity index (χ0) is 18.0. The van der Waals surface area contributed by atoms with Crippen LogP contribution in [0.2, 0.25) is 0 Å². The van der Waals surface area contributed by atoms with Crippen molar-refractivity contribution in [3.8, 4) is 0 Å². The summed E-state index contributed by atoms with van der Waals surface area (Å²) in [6, 6.07) is 21.8. The molecule has 1 aliphatic rings. The van der Waals surface area contributed by atoms with Crippen LogP contribution in [-0.4, -0.2) is 62.7 Å². The van der Waals surface area contributed by atoms with Gasteiger partial charge in [0.2, 0.25) is 0 Å². The first-order valence-corrected chi connectivity index (χ1v) is 10.0. The molecule has 0 radical (unpaired) electrons. The average Bonchev–Trinajstić information content (AvgIpc) is 2.70. The van der Waals surface area contributed by atoms with E-state index in [1.165, 1.54) is 50.3 Å². The smallest absolute Gasteiger partial charge is 0.0110 e. The summed E-state index contributed by atoms with van der Waals surface area (Å²) in [6.45, 7) is 8.27. The van der Waals surface area contributed by atoms with Crippen molar-refractivity contribution in [2.24, 2.45) is 0 Å². The molecule has 3 rings (SSSR count). The molecule has 0 bridgehead atoms. The van der Waals surface area contributed by atoms with Crippen LogP contribution in [0.4, 0.5) is 0 Å². The molecular weight excluding hydrogens is 318 g/mol. The van der Waals surface area contributed by atoms with Gasteiger partial charge in [-0.1, -0.05) is 60.7 Å². The van der Waals surface area contributed by atoms with E-state index in [9.17, 15) is 0 Å².